The number of rotatable bonds is 6. The third-order valence-electron chi connectivity index (χ3n) is 4.30. The molecule has 2 rings (SSSR count). The van der Waals surface area contributed by atoms with E-state index >= 15 is 0 Å². The standard InChI is InChI=1S/C18H27ClN4O2/c1-21(2)18(25)14-23-9-4-8-22(11-12-23)10-7-17(24)20-16-6-3-5-15(19)13-16/h3,5-6,13H,4,7-12,14H2,1-2H3,(H,20,24). The highest BCUT2D eigenvalue weighted by atomic mass is 35.5. The smallest absolute Gasteiger partial charge is 0.236 e. The van der Waals surface area contributed by atoms with Gasteiger partial charge in [0.25, 0.3) is 0 Å². The van der Waals surface area contributed by atoms with E-state index in [2.05, 4.69) is 15.1 Å². The number of likely N-dealkylation sites (N-methyl/N-ethyl adjacent to an activating group) is 1. The fraction of sp³-hybridized carbons (Fsp3) is 0.556. The van der Waals surface area contributed by atoms with Crippen molar-refractivity contribution in [3.8, 4) is 0 Å². The van der Waals surface area contributed by atoms with Gasteiger partial charge in [-0.15, -0.1) is 0 Å². The summed E-state index contributed by atoms with van der Waals surface area (Å²) in [6.45, 7) is 4.81. The molecule has 0 aromatic heterocycles. The maximum absolute atomic E-state index is 12.1. The fourth-order valence-electron chi connectivity index (χ4n) is 2.79. The number of hydrogen-bond acceptors (Lipinski definition) is 4. The van der Waals surface area contributed by atoms with Gasteiger partial charge in [-0.3, -0.25) is 14.5 Å². The number of anilines is 1. The van der Waals surface area contributed by atoms with Crippen LogP contribution in [0.25, 0.3) is 0 Å². The van der Waals surface area contributed by atoms with E-state index in [1.165, 1.54) is 0 Å². The highest BCUT2D eigenvalue weighted by molar-refractivity contribution is 6.30. The Labute approximate surface area is 154 Å². The quantitative estimate of drug-likeness (QED) is 0.833. The van der Waals surface area contributed by atoms with Crippen molar-refractivity contribution < 1.29 is 9.59 Å². The van der Waals surface area contributed by atoms with Crippen LogP contribution in [0.5, 0.6) is 0 Å². The van der Waals surface area contributed by atoms with Gasteiger partial charge in [0.1, 0.15) is 0 Å². The first-order chi connectivity index (χ1) is 11.9. The van der Waals surface area contributed by atoms with Crippen LogP contribution in [0.3, 0.4) is 0 Å². The monoisotopic (exact) mass is 366 g/mol. The van der Waals surface area contributed by atoms with Crippen molar-refractivity contribution in [3.63, 3.8) is 0 Å². The minimum Gasteiger partial charge on any atom is -0.348 e. The van der Waals surface area contributed by atoms with Crippen molar-refractivity contribution in [2.45, 2.75) is 12.8 Å². The van der Waals surface area contributed by atoms with Crippen LogP contribution in [0.4, 0.5) is 5.69 Å². The van der Waals surface area contributed by atoms with Crippen LogP contribution in [-0.4, -0.2) is 79.9 Å². The predicted octanol–water partition coefficient (Wildman–Crippen LogP) is 1.76. The number of benzene rings is 1. The van der Waals surface area contributed by atoms with Crippen molar-refractivity contribution in [1.82, 2.24) is 14.7 Å². The van der Waals surface area contributed by atoms with Crippen LogP contribution >= 0.6 is 11.6 Å². The van der Waals surface area contributed by atoms with E-state index in [1.807, 2.05) is 12.1 Å². The van der Waals surface area contributed by atoms with Gasteiger partial charge >= 0.3 is 0 Å². The molecular formula is C18H27ClN4O2. The van der Waals surface area contributed by atoms with Gasteiger partial charge in [-0.25, -0.2) is 0 Å². The van der Waals surface area contributed by atoms with E-state index in [0.717, 1.165) is 44.8 Å². The zero-order valence-corrected chi connectivity index (χ0v) is 15.8. The second kappa shape index (κ2) is 9.75. The summed E-state index contributed by atoms with van der Waals surface area (Å²) in [5, 5.41) is 3.48. The molecule has 1 saturated heterocycles. The van der Waals surface area contributed by atoms with Gasteiger partial charge in [0.15, 0.2) is 0 Å². The number of carbonyl (C=O) groups excluding carboxylic acids is 2. The third kappa shape index (κ3) is 7.02. The van der Waals surface area contributed by atoms with Gasteiger partial charge in [0, 0.05) is 50.9 Å². The molecule has 6 nitrogen and oxygen atoms in total. The molecule has 1 fully saturated rings. The lowest BCUT2D eigenvalue weighted by molar-refractivity contribution is -0.129. The van der Waals surface area contributed by atoms with E-state index < -0.39 is 0 Å². The second-order valence-electron chi connectivity index (χ2n) is 6.57. The van der Waals surface area contributed by atoms with Crippen LogP contribution < -0.4 is 5.32 Å². The summed E-state index contributed by atoms with van der Waals surface area (Å²) in [5.74, 6) is 0.125. The van der Waals surface area contributed by atoms with Gasteiger partial charge in [-0.2, -0.15) is 0 Å². The summed E-state index contributed by atoms with van der Waals surface area (Å²) in [6, 6.07) is 7.16. The molecule has 1 aromatic rings. The average molecular weight is 367 g/mol. The Balaban J connectivity index is 1.72. The summed E-state index contributed by atoms with van der Waals surface area (Å²) < 4.78 is 0. The lowest BCUT2D eigenvalue weighted by atomic mass is 10.3. The van der Waals surface area contributed by atoms with Crippen LogP contribution in [-0.2, 0) is 9.59 Å². The largest absolute Gasteiger partial charge is 0.348 e. The Kier molecular flexibility index (Phi) is 7.68. The molecule has 0 saturated carbocycles. The van der Waals surface area contributed by atoms with E-state index in [-0.39, 0.29) is 11.8 Å². The molecule has 0 bridgehead atoms. The van der Waals surface area contributed by atoms with E-state index in [0.29, 0.717) is 18.0 Å². The third-order valence-corrected chi connectivity index (χ3v) is 4.54. The molecule has 25 heavy (non-hydrogen) atoms. The minimum absolute atomic E-state index is 0.00819. The Bertz CT molecular complexity index is 594. The Morgan fingerprint density at radius 1 is 1.16 bits per heavy atom. The molecule has 0 spiro atoms. The molecular weight excluding hydrogens is 340 g/mol. The first-order valence-electron chi connectivity index (χ1n) is 8.64. The molecule has 0 radical (unpaired) electrons. The second-order valence-corrected chi connectivity index (χ2v) is 7.00. The van der Waals surface area contributed by atoms with Crippen LogP contribution in [0.1, 0.15) is 12.8 Å². The Hall–Kier alpha value is -1.63. The van der Waals surface area contributed by atoms with Gasteiger partial charge in [-0.1, -0.05) is 17.7 Å². The van der Waals surface area contributed by atoms with Crippen LogP contribution in [0.2, 0.25) is 5.02 Å². The first kappa shape index (κ1) is 19.7. The lowest BCUT2D eigenvalue weighted by Crippen LogP contribution is -2.39. The summed E-state index contributed by atoms with van der Waals surface area (Å²) >= 11 is 5.92. The normalized spacial score (nSPS) is 16.3. The summed E-state index contributed by atoms with van der Waals surface area (Å²) in [4.78, 5) is 30.0. The molecule has 138 valence electrons. The van der Waals surface area contributed by atoms with Crippen LogP contribution in [0.15, 0.2) is 24.3 Å². The van der Waals surface area contributed by atoms with E-state index in [9.17, 15) is 9.59 Å². The van der Waals surface area contributed by atoms with Crippen molar-refractivity contribution >= 4 is 29.1 Å². The number of nitrogens with one attached hydrogen (secondary N) is 1. The highest BCUT2D eigenvalue weighted by Gasteiger charge is 2.18. The number of amides is 2. The van der Waals surface area contributed by atoms with Crippen molar-refractivity contribution in [2.24, 2.45) is 0 Å². The SMILES string of the molecule is CN(C)C(=O)CN1CCCN(CCC(=O)Nc2cccc(Cl)c2)CC1. The average Bonchev–Trinajstić information content (AvgIpc) is 2.78. The first-order valence-corrected chi connectivity index (χ1v) is 9.02. The van der Waals surface area contributed by atoms with Crippen molar-refractivity contribution in [1.29, 1.82) is 0 Å². The molecule has 1 N–H and O–H groups in total. The molecule has 7 heteroatoms. The summed E-state index contributed by atoms with van der Waals surface area (Å²) in [5.41, 5.74) is 0.724. The van der Waals surface area contributed by atoms with E-state index in [4.69, 9.17) is 11.6 Å². The zero-order chi connectivity index (χ0) is 18.2. The number of halogens is 1. The molecule has 2 amide bonds. The van der Waals surface area contributed by atoms with Gasteiger partial charge < -0.3 is 15.1 Å². The molecule has 1 aliphatic rings. The number of carbonyl (C=O) groups is 2. The van der Waals surface area contributed by atoms with Gasteiger partial charge in [0.2, 0.25) is 11.8 Å². The molecule has 0 unspecified atom stereocenters. The van der Waals surface area contributed by atoms with Crippen LogP contribution in [0, 0.1) is 0 Å². The molecule has 1 heterocycles. The van der Waals surface area contributed by atoms with Crippen molar-refractivity contribution in [3.05, 3.63) is 29.3 Å². The number of hydrogen-bond donors (Lipinski definition) is 1. The Morgan fingerprint density at radius 2 is 1.88 bits per heavy atom. The predicted molar refractivity (Wildman–Crippen MR) is 101 cm³/mol. The van der Waals surface area contributed by atoms with Gasteiger partial charge in [0.05, 0.1) is 6.54 Å². The fourth-order valence-corrected chi connectivity index (χ4v) is 2.98. The van der Waals surface area contributed by atoms with Crippen molar-refractivity contribution in [2.75, 3.05) is 58.7 Å². The molecule has 0 aliphatic carbocycles. The maximum Gasteiger partial charge on any atom is 0.236 e. The zero-order valence-electron chi connectivity index (χ0n) is 15.0. The molecule has 1 aromatic carbocycles. The maximum atomic E-state index is 12.1. The summed E-state index contributed by atoms with van der Waals surface area (Å²) in [6.07, 6.45) is 1.46. The van der Waals surface area contributed by atoms with Gasteiger partial charge in [-0.05, 0) is 37.7 Å². The molecule has 0 atom stereocenters. The highest BCUT2D eigenvalue weighted by Crippen LogP contribution is 2.15. The molecule has 1 aliphatic heterocycles. The summed E-state index contributed by atoms with van der Waals surface area (Å²) in [7, 11) is 3.57. The topological polar surface area (TPSA) is 55.9 Å². The van der Waals surface area contributed by atoms with E-state index in [1.54, 1.807) is 31.1 Å². The minimum atomic E-state index is -0.00819. The Morgan fingerprint density at radius 3 is 2.60 bits per heavy atom. The lowest BCUT2D eigenvalue weighted by Gasteiger charge is -2.22. The number of nitrogens with zero attached hydrogens (tertiary/aromatic N) is 3.